The van der Waals surface area contributed by atoms with Crippen LogP contribution in [0.3, 0.4) is 0 Å². The molecule has 0 rings (SSSR count). The second-order valence-corrected chi connectivity index (χ2v) is 3.41. The third-order valence-corrected chi connectivity index (χ3v) is 1.92. The topological polar surface area (TPSA) is 80.7 Å². The van der Waals surface area contributed by atoms with E-state index in [9.17, 15) is 13.2 Å². The van der Waals surface area contributed by atoms with Crippen molar-refractivity contribution in [2.75, 3.05) is 12.9 Å². The maximum absolute atomic E-state index is 10.5. The Labute approximate surface area is 64.4 Å². The summed E-state index contributed by atoms with van der Waals surface area (Å²) < 4.78 is 25.1. The van der Waals surface area contributed by atoms with Crippen LogP contribution in [-0.4, -0.2) is 32.4 Å². The molecule has 0 aliphatic carbocycles. The SMILES string of the molecule is COS(=O)(=O)C/C=C/C(=O)O. The van der Waals surface area contributed by atoms with Crippen LogP contribution in [0.5, 0.6) is 0 Å². The highest BCUT2D eigenvalue weighted by atomic mass is 32.2. The Morgan fingerprint density at radius 2 is 2.18 bits per heavy atom. The molecule has 0 aliphatic rings. The molecular weight excluding hydrogens is 172 g/mol. The highest BCUT2D eigenvalue weighted by Gasteiger charge is 2.04. The second-order valence-electron chi connectivity index (χ2n) is 1.63. The minimum Gasteiger partial charge on any atom is -0.478 e. The summed E-state index contributed by atoms with van der Waals surface area (Å²) in [5, 5.41) is 8.06. The second kappa shape index (κ2) is 4.09. The summed E-state index contributed by atoms with van der Waals surface area (Å²) >= 11 is 0. The summed E-state index contributed by atoms with van der Waals surface area (Å²) in [4.78, 5) is 9.85. The lowest BCUT2D eigenvalue weighted by Crippen LogP contribution is -2.05. The Kier molecular flexibility index (Phi) is 3.77. The first-order chi connectivity index (χ1) is 4.98. The minimum absolute atomic E-state index is 0.421. The fraction of sp³-hybridized carbons (Fsp3) is 0.400. The molecule has 1 N–H and O–H groups in total. The maximum Gasteiger partial charge on any atom is 0.328 e. The van der Waals surface area contributed by atoms with Gasteiger partial charge in [-0.15, -0.1) is 0 Å². The summed E-state index contributed by atoms with van der Waals surface area (Å²) in [5.74, 6) is -1.60. The average molecular weight is 180 g/mol. The number of aliphatic carboxylic acids is 1. The van der Waals surface area contributed by atoms with Gasteiger partial charge in [-0.05, 0) is 0 Å². The summed E-state index contributed by atoms with van der Waals surface area (Å²) in [6.45, 7) is 0. The third kappa shape index (κ3) is 5.56. The van der Waals surface area contributed by atoms with E-state index in [2.05, 4.69) is 4.18 Å². The van der Waals surface area contributed by atoms with E-state index in [4.69, 9.17) is 5.11 Å². The van der Waals surface area contributed by atoms with Gasteiger partial charge in [0.1, 0.15) is 0 Å². The van der Waals surface area contributed by atoms with Crippen molar-refractivity contribution >= 4 is 16.1 Å². The standard InChI is InChI=1S/C5H8O5S/c1-10-11(8,9)4-2-3-5(6)7/h2-3H,4H2,1H3,(H,6,7)/b3-2+. The van der Waals surface area contributed by atoms with Crippen LogP contribution >= 0.6 is 0 Å². The molecule has 0 aromatic rings. The van der Waals surface area contributed by atoms with Crippen LogP contribution in [0.25, 0.3) is 0 Å². The molecule has 6 heteroatoms. The molecule has 0 aromatic carbocycles. The Bertz CT molecular complexity index is 250. The van der Waals surface area contributed by atoms with E-state index in [-0.39, 0.29) is 0 Å². The van der Waals surface area contributed by atoms with Crippen LogP contribution in [0.2, 0.25) is 0 Å². The van der Waals surface area contributed by atoms with Gasteiger partial charge in [-0.25, -0.2) is 4.79 Å². The Morgan fingerprint density at radius 3 is 2.55 bits per heavy atom. The summed E-state index contributed by atoms with van der Waals surface area (Å²) in [7, 11) is -2.55. The molecule has 0 bridgehead atoms. The molecule has 0 fully saturated rings. The molecule has 11 heavy (non-hydrogen) atoms. The quantitative estimate of drug-likeness (QED) is 0.470. The predicted octanol–water partition coefficient (Wildman–Crippen LogP) is -0.397. The summed E-state index contributed by atoms with van der Waals surface area (Å²) in [6, 6.07) is 0. The van der Waals surface area contributed by atoms with E-state index in [1.165, 1.54) is 0 Å². The van der Waals surface area contributed by atoms with E-state index in [0.717, 1.165) is 19.3 Å². The predicted molar refractivity (Wildman–Crippen MR) is 37.6 cm³/mol. The van der Waals surface area contributed by atoms with Crippen LogP contribution in [0.15, 0.2) is 12.2 Å². The van der Waals surface area contributed by atoms with Gasteiger partial charge in [0, 0.05) is 6.08 Å². The van der Waals surface area contributed by atoms with Crippen LogP contribution in [0, 0.1) is 0 Å². The highest BCUT2D eigenvalue weighted by molar-refractivity contribution is 7.86. The van der Waals surface area contributed by atoms with Gasteiger partial charge in [0.2, 0.25) is 0 Å². The Hall–Kier alpha value is -0.880. The van der Waals surface area contributed by atoms with E-state index in [1.54, 1.807) is 0 Å². The first-order valence-electron chi connectivity index (χ1n) is 2.65. The largest absolute Gasteiger partial charge is 0.478 e. The van der Waals surface area contributed by atoms with Gasteiger partial charge in [0.25, 0.3) is 10.1 Å². The van der Waals surface area contributed by atoms with Crippen LogP contribution in [0.4, 0.5) is 0 Å². The molecule has 0 atom stereocenters. The molecule has 0 unspecified atom stereocenters. The van der Waals surface area contributed by atoms with Crippen molar-refractivity contribution in [2.24, 2.45) is 0 Å². The van der Waals surface area contributed by atoms with Gasteiger partial charge < -0.3 is 5.11 Å². The van der Waals surface area contributed by atoms with Crippen molar-refractivity contribution in [3.05, 3.63) is 12.2 Å². The highest BCUT2D eigenvalue weighted by Crippen LogP contribution is 1.90. The molecule has 64 valence electrons. The average Bonchev–Trinajstić information content (AvgIpc) is 1.87. The minimum atomic E-state index is -3.57. The third-order valence-electron chi connectivity index (χ3n) is 0.815. The zero-order valence-corrected chi connectivity index (χ0v) is 6.67. The fourth-order valence-corrected chi connectivity index (χ4v) is 0.803. The first-order valence-corrected chi connectivity index (χ1v) is 4.23. The van der Waals surface area contributed by atoms with Crippen molar-refractivity contribution in [3.63, 3.8) is 0 Å². The zero-order valence-electron chi connectivity index (χ0n) is 5.85. The van der Waals surface area contributed by atoms with Crippen molar-refractivity contribution in [1.82, 2.24) is 0 Å². The van der Waals surface area contributed by atoms with E-state index < -0.39 is 21.8 Å². The van der Waals surface area contributed by atoms with E-state index >= 15 is 0 Å². The van der Waals surface area contributed by atoms with Crippen molar-refractivity contribution < 1.29 is 22.5 Å². The number of carboxylic acid groups (broad SMARTS) is 1. The van der Waals surface area contributed by atoms with Gasteiger partial charge >= 0.3 is 5.97 Å². The summed E-state index contributed by atoms with van der Waals surface area (Å²) in [6.07, 6.45) is 1.75. The molecule has 5 nitrogen and oxygen atoms in total. The van der Waals surface area contributed by atoms with Gasteiger partial charge in [0.15, 0.2) is 0 Å². The molecule has 0 amide bonds. The molecule has 0 aromatic heterocycles. The lowest BCUT2D eigenvalue weighted by molar-refractivity contribution is -0.131. The van der Waals surface area contributed by atoms with Crippen LogP contribution in [0.1, 0.15) is 0 Å². The lowest BCUT2D eigenvalue weighted by Gasteiger charge is -1.93. The molecule has 0 radical (unpaired) electrons. The molecule has 0 aliphatic heterocycles. The smallest absolute Gasteiger partial charge is 0.328 e. The van der Waals surface area contributed by atoms with E-state index in [0.29, 0.717) is 0 Å². The first kappa shape index (κ1) is 10.1. The monoisotopic (exact) mass is 180 g/mol. The van der Waals surface area contributed by atoms with Gasteiger partial charge in [-0.2, -0.15) is 8.42 Å². The Morgan fingerprint density at radius 1 is 1.64 bits per heavy atom. The lowest BCUT2D eigenvalue weighted by atomic mass is 10.5. The molecule has 0 heterocycles. The number of rotatable bonds is 4. The number of carbonyl (C=O) groups is 1. The van der Waals surface area contributed by atoms with Crippen LogP contribution in [-0.2, 0) is 19.1 Å². The van der Waals surface area contributed by atoms with Gasteiger partial charge in [-0.3, -0.25) is 4.18 Å². The van der Waals surface area contributed by atoms with Gasteiger partial charge in [0.05, 0.1) is 12.9 Å². The van der Waals surface area contributed by atoms with Crippen molar-refractivity contribution in [3.8, 4) is 0 Å². The van der Waals surface area contributed by atoms with Crippen molar-refractivity contribution in [1.29, 1.82) is 0 Å². The number of hydrogen-bond donors (Lipinski definition) is 1. The fourth-order valence-electron chi connectivity index (χ4n) is 0.335. The van der Waals surface area contributed by atoms with Gasteiger partial charge in [-0.1, -0.05) is 6.08 Å². The van der Waals surface area contributed by atoms with E-state index in [1.807, 2.05) is 0 Å². The maximum atomic E-state index is 10.5. The zero-order chi connectivity index (χ0) is 8.91. The molecule has 0 saturated heterocycles. The molecule has 0 spiro atoms. The Balaban J connectivity index is 3.99. The van der Waals surface area contributed by atoms with Crippen LogP contribution < -0.4 is 0 Å². The van der Waals surface area contributed by atoms with Crippen molar-refractivity contribution in [2.45, 2.75) is 0 Å². The summed E-state index contributed by atoms with van der Waals surface area (Å²) in [5.41, 5.74) is 0. The number of carboxylic acids is 1. The molecule has 0 saturated carbocycles. The normalized spacial score (nSPS) is 12.1. The number of hydrogen-bond acceptors (Lipinski definition) is 4. The molecular formula is C5H8O5S.